The first-order chi connectivity index (χ1) is 21.0. The monoisotopic (exact) mass is 632 g/mol. The highest BCUT2D eigenvalue weighted by atomic mass is 32.3. The Labute approximate surface area is 259 Å². The number of hydrogen-bond acceptors (Lipinski definition) is 7. The van der Waals surface area contributed by atoms with E-state index in [9.17, 15) is 27.8 Å². The molecular weight excluding hydrogens is 590 g/mol. The number of nitrogens with one attached hydrogen (secondary N) is 2. The second-order valence-electron chi connectivity index (χ2n) is 11.2. The van der Waals surface area contributed by atoms with E-state index in [1.165, 1.54) is 12.1 Å². The first-order valence-corrected chi connectivity index (χ1v) is 16.6. The molecule has 3 aromatic carbocycles. The molecule has 1 heterocycles. The molecule has 1 amide bonds. The number of ether oxygens (including phenoxy) is 2. The van der Waals surface area contributed by atoms with Crippen molar-refractivity contribution in [3.8, 4) is 11.5 Å². The molecular formula is C33H42F2N2O6S. The first-order valence-electron chi connectivity index (χ1n) is 14.7. The first kappa shape index (κ1) is 33.7. The number of aliphatic hydroxyl groups excluding tert-OH is 1. The van der Waals surface area contributed by atoms with Gasteiger partial charge in [-0.2, -0.15) is 10.6 Å². The summed E-state index contributed by atoms with van der Waals surface area (Å²) in [4.78, 5) is 13.0. The van der Waals surface area contributed by atoms with Crippen LogP contribution < -0.4 is 20.1 Å². The minimum Gasteiger partial charge on any atom is -0.493 e. The third kappa shape index (κ3) is 9.15. The fraction of sp³-hybridized carbons (Fsp3) is 0.424. The smallest absolute Gasteiger partial charge is 0.220 e. The topological polar surface area (TPSA) is 120 Å². The number of hydrogen-bond donors (Lipinski definition) is 5. The molecule has 1 aliphatic rings. The normalized spacial score (nSPS) is 17.7. The predicted octanol–water partition coefficient (Wildman–Crippen LogP) is 5.55. The zero-order valence-electron chi connectivity index (χ0n) is 25.3. The van der Waals surface area contributed by atoms with Crippen LogP contribution in [0.25, 0.3) is 0 Å². The molecule has 0 radical (unpaired) electrons. The largest absolute Gasteiger partial charge is 0.493 e. The predicted molar refractivity (Wildman–Crippen MR) is 168 cm³/mol. The van der Waals surface area contributed by atoms with Gasteiger partial charge in [0, 0.05) is 19.0 Å². The fourth-order valence-corrected chi connectivity index (χ4v) is 7.30. The molecule has 0 aliphatic carbocycles. The van der Waals surface area contributed by atoms with E-state index in [1.807, 2.05) is 37.3 Å². The average Bonchev–Trinajstić information content (AvgIpc) is 2.98. The molecule has 4 rings (SSSR count). The summed E-state index contributed by atoms with van der Waals surface area (Å²) in [7, 11) is 0.252. The summed E-state index contributed by atoms with van der Waals surface area (Å²) in [6, 6.07) is 13.3. The van der Waals surface area contributed by atoms with Crippen LogP contribution in [0.15, 0.2) is 54.6 Å². The lowest BCUT2D eigenvalue weighted by Gasteiger charge is -2.42. The lowest BCUT2D eigenvalue weighted by atomic mass is 9.97. The Hall–Kier alpha value is -3.22. The van der Waals surface area contributed by atoms with Crippen LogP contribution in [0.5, 0.6) is 11.5 Å². The van der Waals surface area contributed by atoms with Crippen molar-refractivity contribution in [2.75, 3.05) is 26.5 Å². The third-order valence-corrected chi connectivity index (χ3v) is 9.53. The summed E-state index contributed by atoms with van der Waals surface area (Å²) in [5.41, 5.74) is 4.17. The van der Waals surface area contributed by atoms with E-state index in [4.69, 9.17) is 9.47 Å². The van der Waals surface area contributed by atoms with Gasteiger partial charge in [0.25, 0.3) is 0 Å². The zero-order valence-corrected chi connectivity index (χ0v) is 26.1. The van der Waals surface area contributed by atoms with E-state index >= 15 is 0 Å². The van der Waals surface area contributed by atoms with Gasteiger partial charge in [-0.05, 0) is 77.8 Å². The van der Waals surface area contributed by atoms with E-state index in [0.717, 1.165) is 34.7 Å². The fourth-order valence-electron chi connectivity index (χ4n) is 5.59. The number of fused-ring (bicyclic) bond motifs is 1. The molecule has 0 spiro atoms. The van der Waals surface area contributed by atoms with Crippen LogP contribution in [0.3, 0.4) is 0 Å². The van der Waals surface area contributed by atoms with Crippen LogP contribution in [-0.4, -0.2) is 58.8 Å². The minimum atomic E-state index is -2.86. The summed E-state index contributed by atoms with van der Waals surface area (Å²) in [5.74, 6) is -0.313. The number of aryl methyl sites for hydroxylation is 2. The zero-order chi connectivity index (χ0) is 31.9. The summed E-state index contributed by atoms with van der Waals surface area (Å²) >= 11 is 0. The average molecular weight is 633 g/mol. The van der Waals surface area contributed by atoms with Crippen molar-refractivity contribution in [3.05, 3.63) is 94.0 Å². The molecule has 1 aliphatic heterocycles. The van der Waals surface area contributed by atoms with Crippen molar-refractivity contribution in [3.63, 3.8) is 0 Å². The maximum atomic E-state index is 14.0. The van der Waals surface area contributed by atoms with Crippen LogP contribution in [0.4, 0.5) is 8.78 Å². The highest BCUT2D eigenvalue weighted by molar-refractivity contribution is 8.23. The lowest BCUT2D eigenvalue weighted by molar-refractivity contribution is -0.122. The third-order valence-electron chi connectivity index (χ3n) is 7.89. The van der Waals surface area contributed by atoms with Gasteiger partial charge in [0.15, 0.2) is 11.5 Å². The van der Waals surface area contributed by atoms with Gasteiger partial charge in [0.05, 0.1) is 43.9 Å². The second kappa shape index (κ2) is 15.2. The van der Waals surface area contributed by atoms with Crippen molar-refractivity contribution >= 4 is 16.5 Å². The number of rotatable bonds is 14. The molecule has 0 saturated carbocycles. The highest BCUT2D eigenvalue weighted by Crippen LogP contribution is 2.50. The number of carbonyl (C=O) groups is 1. The summed E-state index contributed by atoms with van der Waals surface area (Å²) in [6.45, 7) is 2.05. The Balaban J connectivity index is 1.44. The Bertz CT molecular complexity index is 1420. The van der Waals surface area contributed by atoms with Gasteiger partial charge in [-0.1, -0.05) is 31.2 Å². The Kier molecular flexibility index (Phi) is 11.6. The van der Waals surface area contributed by atoms with Gasteiger partial charge < -0.3 is 25.2 Å². The van der Waals surface area contributed by atoms with Crippen LogP contribution in [0, 0.1) is 11.6 Å². The summed E-state index contributed by atoms with van der Waals surface area (Å²) in [6.07, 6.45) is 0.966. The van der Waals surface area contributed by atoms with E-state index in [1.54, 1.807) is 20.3 Å². The van der Waals surface area contributed by atoms with Crippen LogP contribution >= 0.6 is 10.6 Å². The number of halogens is 2. The molecule has 3 aromatic rings. The number of benzene rings is 3. The van der Waals surface area contributed by atoms with Crippen molar-refractivity contribution in [2.24, 2.45) is 0 Å². The van der Waals surface area contributed by atoms with Crippen LogP contribution in [-0.2, 0) is 29.8 Å². The number of carbonyl (C=O) groups excluding carboxylic acids is 1. The van der Waals surface area contributed by atoms with Gasteiger partial charge in [-0.3, -0.25) is 13.9 Å². The van der Waals surface area contributed by atoms with Crippen LogP contribution in [0.1, 0.15) is 53.6 Å². The van der Waals surface area contributed by atoms with Crippen molar-refractivity contribution in [1.82, 2.24) is 10.6 Å². The van der Waals surface area contributed by atoms with Gasteiger partial charge in [0.2, 0.25) is 5.91 Å². The van der Waals surface area contributed by atoms with Crippen molar-refractivity contribution in [1.29, 1.82) is 0 Å². The standard InChI is InChI=1S/C33H42F2N2O6S/c1-4-21-8-10-24-19-44(40,41)20-29(27(24)14-21)36-18-30(38)28(15-23-12-25(34)17-26(35)13-23)37-33(39)7-5-6-22-9-11-31(42-2)32(16-22)43-3/h8-14,16-17,28-30,36,38,40-41H,4-7,15,18-20H2,1-3H3,(H,37,39)/t28-,29-,30+/m0/s1. The molecule has 0 saturated heterocycles. The summed E-state index contributed by atoms with van der Waals surface area (Å²) < 4.78 is 59.7. The molecule has 44 heavy (non-hydrogen) atoms. The maximum Gasteiger partial charge on any atom is 0.220 e. The van der Waals surface area contributed by atoms with Gasteiger partial charge in [-0.25, -0.2) is 8.78 Å². The lowest BCUT2D eigenvalue weighted by Crippen LogP contribution is -2.49. The van der Waals surface area contributed by atoms with Crippen molar-refractivity contribution < 1.29 is 37.3 Å². The molecule has 0 bridgehead atoms. The molecule has 0 aromatic heterocycles. The molecule has 3 atom stereocenters. The van der Waals surface area contributed by atoms with E-state index in [-0.39, 0.29) is 36.8 Å². The van der Waals surface area contributed by atoms with E-state index < -0.39 is 40.4 Å². The van der Waals surface area contributed by atoms with Gasteiger partial charge >= 0.3 is 0 Å². The Morgan fingerprint density at radius 3 is 2.36 bits per heavy atom. The molecule has 0 fully saturated rings. The van der Waals surface area contributed by atoms with Gasteiger partial charge in [0.1, 0.15) is 11.6 Å². The van der Waals surface area contributed by atoms with E-state index in [0.29, 0.717) is 29.9 Å². The summed E-state index contributed by atoms with van der Waals surface area (Å²) in [5, 5.41) is 17.4. The number of amides is 1. The van der Waals surface area contributed by atoms with Crippen LogP contribution in [0.2, 0.25) is 0 Å². The van der Waals surface area contributed by atoms with Crippen molar-refractivity contribution in [2.45, 2.75) is 63.0 Å². The molecule has 240 valence electrons. The maximum absolute atomic E-state index is 14.0. The molecule has 11 heteroatoms. The molecule has 5 N–H and O–H groups in total. The quantitative estimate of drug-likeness (QED) is 0.158. The highest BCUT2D eigenvalue weighted by Gasteiger charge is 2.31. The molecule has 0 unspecified atom stereocenters. The number of methoxy groups -OCH3 is 2. The van der Waals surface area contributed by atoms with E-state index in [2.05, 4.69) is 10.6 Å². The minimum absolute atomic E-state index is 0.00433. The molecule has 8 nitrogen and oxygen atoms in total. The number of aliphatic hydroxyl groups is 1. The Morgan fingerprint density at radius 2 is 1.68 bits per heavy atom. The Morgan fingerprint density at radius 1 is 0.977 bits per heavy atom. The van der Waals surface area contributed by atoms with Gasteiger partial charge in [-0.15, -0.1) is 0 Å². The second-order valence-corrected chi connectivity index (χ2v) is 13.5. The SMILES string of the molecule is CCc1ccc2c(c1)[C@@H](NC[C@@H](O)[C@H](Cc1cc(F)cc(F)c1)NC(=O)CCCc1ccc(OC)c(OC)c1)CS(O)(O)C2.